The molecular formula is C17H19ClN2O2S. The number of thioether (sulfide) groups is 1. The van der Waals surface area contributed by atoms with Crippen molar-refractivity contribution < 1.29 is 4.79 Å². The van der Waals surface area contributed by atoms with Gasteiger partial charge in [-0.25, -0.2) is 0 Å². The van der Waals surface area contributed by atoms with E-state index in [2.05, 4.69) is 4.98 Å². The van der Waals surface area contributed by atoms with Crippen molar-refractivity contribution in [3.63, 3.8) is 0 Å². The van der Waals surface area contributed by atoms with Gasteiger partial charge in [-0.1, -0.05) is 23.7 Å². The number of carbonyl (C=O) groups is 1. The molecule has 0 spiro atoms. The summed E-state index contributed by atoms with van der Waals surface area (Å²) in [7, 11) is 1.68. The number of aromatic nitrogens is 1. The molecule has 0 aliphatic rings. The molecule has 0 saturated carbocycles. The van der Waals surface area contributed by atoms with Crippen LogP contribution >= 0.6 is 23.4 Å². The molecule has 1 aromatic carbocycles. The van der Waals surface area contributed by atoms with Gasteiger partial charge in [0.05, 0.1) is 5.02 Å². The van der Waals surface area contributed by atoms with E-state index in [9.17, 15) is 9.59 Å². The van der Waals surface area contributed by atoms with E-state index in [1.54, 1.807) is 32.7 Å². The minimum atomic E-state index is -0.404. The summed E-state index contributed by atoms with van der Waals surface area (Å²) >= 11 is 7.81. The van der Waals surface area contributed by atoms with E-state index in [0.29, 0.717) is 22.8 Å². The van der Waals surface area contributed by atoms with Gasteiger partial charge in [-0.15, -0.1) is 11.8 Å². The Morgan fingerprint density at radius 2 is 2.04 bits per heavy atom. The van der Waals surface area contributed by atoms with Crippen molar-refractivity contribution in [2.24, 2.45) is 0 Å². The first kappa shape index (κ1) is 17.6. The van der Waals surface area contributed by atoms with Crippen molar-refractivity contribution in [1.29, 1.82) is 0 Å². The van der Waals surface area contributed by atoms with E-state index in [1.165, 1.54) is 4.90 Å². The first-order chi connectivity index (χ1) is 10.8. The smallest absolute Gasteiger partial charge is 0.261 e. The van der Waals surface area contributed by atoms with Crippen molar-refractivity contribution in [2.45, 2.75) is 25.3 Å². The Balaban J connectivity index is 2.30. The Morgan fingerprint density at radius 1 is 1.35 bits per heavy atom. The fourth-order valence-corrected chi connectivity index (χ4v) is 3.04. The van der Waals surface area contributed by atoms with Crippen molar-refractivity contribution in [3.8, 4) is 0 Å². The Hall–Kier alpha value is -1.72. The topological polar surface area (TPSA) is 53.2 Å². The van der Waals surface area contributed by atoms with E-state index < -0.39 is 5.56 Å². The number of halogens is 1. The van der Waals surface area contributed by atoms with Gasteiger partial charge in [-0.3, -0.25) is 9.59 Å². The lowest BCUT2D eigenvalue weighted by Crippen LogP contribution is -2.32. The van der Waals surface area contributed by atoms with Gasteiger partial charge in [0.1, 0.15) is 5.56 Å². The summed E-state index contributed by atoms with van der Waals surface area (Å²) in [6.07, 6.45) is 2.01. The molecule has 0 aliphatic carbocycles. The maximum atomic E-state index is 12.7. The number of pyridine rings is 1. The molecule has 6 heteroatoms. The molecule has 23 heavy (non-hydrogen) atoms. The molecule has 0 bridgehead atoms. The highest BCUT2D eigenvalue weighted by molar-refractivity contribution is 7.98. The second kappa shape index (κ2) is 7.23. The molecule has 1 N–H and O–H groups in total. The van der Waals surface area contributed by atoms with Crippen LogP contribution in [0.4, 0.5) is 0 Å². The second-order valence-electron chi connectivity index (χ2n) is 5.41. The van der Waals surface area contributed by atoms with Gasteiger partial charge in [-0.05, 0) is 43.4 Å². The first-order valence-electron chi connectivity index (χ1n) is 7.12. The highest BCUT2D eigenvalue weighted by atomic mass is 35.5. The predicted molar refractivity (Wildman–Crippen MR) is 95.6 cm³/mol. The van der Waals surface area contributed by atoms with Gasteiger partial charge >= 0.3 is 0 Å². The normalized spacial score (nSPS) is 10.7. The molecule has 0 fully saturated rings. The summed E-state index contributed by atoms with van der Waals surface area (Å²) in [6.45, 7) is 3.83. The van der Waals surface area contributed by atoms with Crippen LogP contribution in [0.5, 0.6) is 0 Å². The van der Waals surface area contributed by atoms with Gasteiger partial charge in [0.15, 0.2) is 0 Å². The van der Waals surface area contributed by atoms with Crippen LogP contribution in [-0.4, -0.2) is 29.1 Å². The average molecular weight is 351 g/mol. The number of carbonyl (C=O) groups excluding carboxylic acids is 1. The minimum absolute atomic E-state index is 0.101. The first-order valence-corrected chi connectivity index (χ1v) is 8.72. The molecule has 0 atom stereocenters. The molecule has 122 valence electrons. The van der Waals surface area contributed by atoms with Crippen molar-refractivity contribution in [3.05, 3.63) is 62.0 Å². The van der Waals surface area contributed by atoms with Crippen molar-refractivity contribution >= 4 is 29.3 Å². The second-order valence-corrected chi connectivity index (χ2v) is 6.66. The molecule has 0 aliphatic heterocycles. The number of nitrogens with zero attached hydrogens (tertiary/aromatic N) is 1. The van der Waals surface area contributed by atoms with Gasteiger partial charge in [-0.2, -0.15) is 0 Å². The Bertz CT molecular complexity index is 802. The summed E-state index contributed by atoms with van der Waals surface area (Å²) in [4.78, 5) is 30.1. The zero-order chi connectivity index (χ0) is 17.1. The van der Waals surface area contributed by atoms with Crippen LogP contribution in [0.1, 0.15) is 27.2 Å². The Kier molecular flexibility index (Phi) is 5.55. The number of hydrogen-bond acceptors (Lipinski definition) is 3. The SMILES string of the molecule is CSc1cccc(CN(C)C(=O)c2c(C)c(Cl)c(C)[nH]c2=O)c1. The lowest BCUT2D eigenvalue weighted by molar-refractivity contribution is 0.0782. The number of benzene rings is 1. The van der Waals surface area contributed by atoms with E-state index >= 15 is 0 Å². The van der Waals surface area contributed by atoms with Crippen LogP contribution in [0, 0.1) is 13.8 Å². The third-order valence-electron chi connectivity index (χ3n) is 3.68. The van der Waals surface area contributed by atoms with Gasteiger partial charge in [0.2, 0.25) is 0 Å². The maximum absolute atomic E-state index is 12.7. The molecule has 0 radical (unpaired) electrons. The fourth-order valence-electron chi connectivity index (χ4n) is 2.41. The monoisotopic (exact) mass is 350 g/mol. The van der Waals surface area contributed by atoms with Crippen LogP contribution in [-0.2, 0) is 6.54 Å². The lowest BCUT2D eigenvalue weighted by atomic mass is 10.1. The van der Waals surface area contributed by atoms with E-state index in [4.69, 9.17) is 11.6 Å². The van der Waals surface area contributed by atoms with Crippen LogP contribution < -0.4 is 5.56 Å². The third kappa shape index (κ3) is 3.79. The summed E-state index contributed by atoms with van der Waals surface area (Å²) in [5.41, 5.74) is 1.80. The largest absolute Gasteiger partial charge is 0.337 e. The number of hydrogen-bond donors (Lipinski definition) is 1. The van der Waals surface area contributed by atoms with Crippen LogP contribution in [0.15, 0.2) is 34.0 Å². The maximum Gasteiger partial charge on any atom is 0.261 e. The molecule has 2 rings (SSSR count). The molecule has 1 amide bonds. The number of amides is 1. The zero-order valence-electron chi connectivity index (χ0n) is 13.6. The standard InChI is InChI=1S/C17H19ClN2O2S/c1-10-14(16(21)19-11(2)15(10)18)17(22)20(3)9-12-6-5-7-13(8-12)23-4/h5-8H,9H2,1-4H3,(H,19,21). The Labute approximate surface area is 144 Å². The molecule has 1 heterocycles. The molecule has 4 nitrogen and oxygen atoms in total. The van der Waals surface area contributed by atoms with Crippen LogP contribution in [0.25, 0.3) is 0 Å². The zero-order valence-corrected chi connectivity index (χ0v) is 15.1. The highest BCUT2D eigenvalue weighted by Gasteiger charge is 2.21. The summed E-state index contributed by atoms with van der Waals surface area (Å²) in [5, 5.41) is 0.422. The minimum Gasteiger partial charge on any atom is -0.337 e. The predicted octanol–water partition coefficient (Wildman–Crippen LogP) is 3.64. The number of H-pyrrole nitrogens is 1. The highest BCUT2D eigenvalue weighted by Crippen LogP contribution is 2.21. The average Bonchev–Trinajstić information content (AvgIpc) is 2.52. The number of aromatic amines is 1. The summed E-state index contributed by atoms with van der Waals surface area (Å²) < 4.78 is 0. The quantitative estimate of drug-likeness (QED) is 0.856. The van der Waals surface area contributed by atoms with E-state index in [1.807, 2.05) is 30.5 Å². The Morgan fingerprint density at radius 3 is 2.70 bits per heavy atom. The van der Waals surface area contributed by atoms with Crippen LogP contribution in [0.3, 0.4) is 0 Å². The summed E-state index contributed by atoms with van der Waals surface area (Å²) in [5.74, 6) is -0.333. The van der Waals surface area contributed by atoms with Gasteiger partial charge in [0.25, 0.3) is 11.5 Å². The van der Waals surface area contributed by atoms with E-state index in [-0.39, 0.29) is 11.5 Å². The lowest BCUT2D eigenvalue weighted by Gasteiger charge is -2.19. The number of aryl methyl sites for hydroxylation is 1. The number of rotatable bonds is 4. The molecule has 1 aromatic heterocycles. The van der Waals surface area contributed by atoms with E-state index in [0.717, 1.165) is 10.5 Å². The number of nitrogens with one attached hydrogen (secondary N) is 1. The molecule has 0 saturated heterocycles. The van der Waals surface area contributed by atoms with Crippen molar-refractivity contribution in [2.75, 3.05) is 13.3 Å². The molecule has 0 unspecified atom stereocenters. The van der Waals surface area contributed by atoms with Gasteiger partial charge < -0.3 is 9.88 Å². The molecular weight excluding hydrogens is 332 g/mol. The van der Waals surface area contributed by atoms with Crippen molar-refractivity contribution in [1.82, 2.24) is 9.88 Å². The van der Waals surface area contributed by atoms with Gasteiger partial charge in [0, 0.05) is 24.2 Å². The van der Waals surface area contributed by atoms with Crippen LogP contribution in [0.2, 0.25) is 5.02 Å². The third-order valence-corrected chi connectivity index (χ3v) is 4.97. The molecule has 2 aromatic rings. The summed E-state index contributed by atoms with van der Waals surface area (Å²) in [6, 6.07) is 7.97. The fraction of sp³-hybridized carbons (Fsp3) is 0.294.